The van der Waals surface area contributed by atoms with Crippen molar-refractivity contribution in [3.05, 3.63) is 35.9 Å². The lowest BCUT2D eigenvalue weighted by atomic mass is 10.0. The van der Waals surface area contributed by atoms with E-state index in [1.807, 2.05) is 4.90 Å². The molecule has 1 heterocycles. The summed E-state index contributed by atoms with van der Waals surface area (Å²) in [6.07, 6.45) is 4.86. The molecule has 2 aliphatic rings. The maximum atomic E-state index is 12.2. The standard InChI is InChI=1S/C18H27N3O/c1-14(19)18(22)20-11-5-8-17(13-20)21(16-9-10-16)12-15-6-3-2-4-7-15/h2-4,6-7,14,16-17H,5,8-13,19H2,1H3/t14-,17-/m0/s1. The Morgan fingerprint density at radius 2 is 2.00 bits per heavy atom. The van der Waals surface area contributed by atoms with Crippen molar-refractivity contribution in [1.29, 1.82) is 0 Å². The van der Waals surface area contributed by atoms with Gasteiger partial charge in [0.25, 0.3) is 0 Å². The Bertz CT molecular complexity index is 498. The molecule has 4 heteroatoms. The molecular formula is C18H27N3O. The number of rotatable bonds is 5. The minimum Gasteiger partial charge on any atom is -0.340 e. The first-order valence-electron chi connectivity index (χ1n) is 8.49. The van der Waals surface area contributed by atoms with E-state index >= 15 is 0 Å². The number of hydrogen-bond acceptors (Lipinski definition) is 3. The van der Waals surface area contributed by atoms with Gasteiger partial charge in [-0.1, -0.05) is 30.3 Å². The fraction of sp³-hybridized carbons (Fsp3) is 0.611. The highest BCUT2D eigenvalue weighted by molar-refractivity contribution is 5.81. The molecule has 4 nitrogen and oxygen atoms in total. The molecule has 22 heavy (non-hydrogen) atoms. The molecule has 2 fully saturated rings. The van der Waals surface area contributed by atoms with Crippen molar-refractivity contribution in [3.63, 3.8) is 0 Å². The molecule has 0 bridgehead atoms. The van der Waals surface area contributed by atoms with Crippen LogP contribution < -0.4 is 5.73 Å². The predicted molar refractivity (Wildman–Crippen MR) is 88.3 cm³/mol. The maximum absolute atomic E-state index is 12.2. The van der Waals surface area contributed by atoms with E-state index in [-0.39, 0.29) is 11.9 Å². The molecule has 1 saturated carbocycles. The number of hydrogen-bond donors (Lipinski definition) is 1. The minimum absolute atomic E-state index is 0.0974. The van der Waals surface area contributed by atoms with Crippen molar-refractivity contribution in [2.75, 3.05) is 13.1 Å². The van der Waals surface area contributed by atoms with Crippen molar-refractivity contribution < 1.29 is 4.79 Å². The summed E-state index contributed by atoms with van der Waals surface area (Å²) in [7, 11) is 0. The van der Waals surface area contributed by atoms with Crippen molar-refractivity contribution >= 4 is 5.91 Å². The Balaban J connectivity index is 1.67. The van der Waals surface area contributed by atoms with Crippen LogP contribution in [0.5, 0.6) is 0 Å². The second kappa shape index (κ2) is 6.80. The molecule has 1 aliphatic carbocycles. The van der Waals surface area contributed by atoms with E-state index in [0.717, 1.165) is 26.1 Å². The monoisotopic (exact) mass is 301 g/mol. The molecule has 1 aromatic rings. The lowest BCUT2D eigenvalue weighted by Crippen LogP contribution is -2.53. The van der Waals surface area contributed by atoms with Crippen LogP contribution in [0.25, 0.3) is 0 Å². The summed E-state index contributed by atoms with van der Waals surface area (Å²) in [6, 6.07) is 11.5. The number of benzene rings is 1. The summed E-state index contributed by atoms with van der Waals surface area (Å²) in [5.74, 6) is 0.0974. The number of amides is 1. The molecule has 3 rings (SSSR count). The lowest BCUT2D eigenvalue weighted by molar-refractivity contribution is -0.134. The van der Waals surface area contributed by atoms with Crippen molar-refractivity contribution in [2.24, 2.45) is 5.73 Å². The zero-order valence-corrected chi connectivity index (χ0v) is 13.4. The maximum Gasteiger partial charge on any atom is 0.239 e. The highest BCUT2D eigenvalue weighted by atomic mass is 16.2. The Morgan fingerprint density at radius 3 is 2.64 bits per heavy atom. The summed E-state index contributed by atoms with van der Waals surface area (Å²) in [4.78, 5) is 16.8. The summed E-state index contributed by atoms with van der Waals surface area (Å²) in [5, 5.41) is 0. The molecule has 1 aliphatic heterocycles. The smallest absolute Gasteiger partial charge is 0.239 e. The molecule has 2 N–H and O–H groups in total. The van der Waals surface area contributed by atoms with E-state index < -0.39 is 0 Å². The minimum atomic E-state index is -0.387. The number of likely N-dealkylation sites (tertiary alicyclic amines) is 1. The first kappa shape index (κ1) is 15.5. The lowest BCUT2D eigenvalue weighted by Gasteiger charge is -2.40. The van der Waals surface area contributed by atoms with Gasteiger partial charge in [0.05, 0.1) is 6.04 Å². The van der Waals surface area contributed by atoms with E-state index in [4.69, 9.17) is 5.73 Å². The number of carbonyl (C=O) groups excluding carboxylic acids is 1. The fourth-order valence-corrected chi connectivity index (χ4v) is 3.47. The highest BCUT2D eigenvalue weighted by Crippen LogP contribution is 2.32. The average molecular weight is 301 g/mol. The van der Waals surface area contributed by atoms with E-state index in [2.05, 4.69) is 35.2 Å². The third-order valence-corrected chi connectivity index (χ3v) is 4.79. The molecule has 0 spiro atoms. The topological polar surface area (TPSA) is 49.6 Å². The highest BCUT2D eigenvalue weighted by Gasteiger charge is 2.36. The van der Waals surface area contributed by atoms with Crippen LogP contribution in [0.4, 0.5) is 0 Å². The first-order valence-corrected chi connectivity index (χ1v) is 8.49. The molecule has 1 amide bonds. The van der Waals surface area contributed by atoms with Gasteiger partial charge in [0.2, 0.25) is 5.91 Å². The summed E-state index contributed by atoms with van der Waals surface area (Å²) in [6.45, 7) is 4.48. The van der Waals surface area contributed by atoms with Gasteiger partial charge in [0.15, 0.2) is 0 Å². The third kappa shape index (κ3) is 3.68. The second-order valence-corrected chi connectivity index (χ2v) is 6.76. The van der Waals surface area contributed by atoms with Crippen LogP contribution in [-0.2, 0) is 11.3 Å². The molecule has 1 saturated heterocycles. The van der Waals surface area contributed by atoms with Crippen molar-refractivity contribution in [2.45, 2.75) is 57.3 Å². The average Bonchev–Trinajstić information content (AvgIpc) is 3.37. The second-order valence-electron chi connectivity index (χ2n) is 6.76. The van der Waals surface area contributed by atoms with Crippen LogP contribution in [0.2, 0.25) is 0 Å². The number of nitrogens with zero attached hydrogens (tertiary/aromatic N) is 2. The Hall–Kier alpha value is -1.39. The van der Waals surface area contributed by atoms with Crippen LogP contribution in [0, 0.1) is 0 Å². The molecule has 0 aromatic heterocycles. The van der Waals surface area contributed by atoms with Crippen molar-refractivity contribution in [3.8, 4) is 0 Å². The van der Waals surface area contributed by atoms with Gasteiger partial charge in [-0.3, -0.25) is 9.69 Å². The van der Waals surface area contributed by atoms with Crippen LogP contribution in [0.3, 0.4) is 0 Å². The summed E-state index contributed by atoms with van der Waals surface area (Å²) in [5.41, 5.74) is 7.14. The largest absolute Gasteiger partial charge is 0.340 e. The quantitative estimate of drug-likeness (QED) is 0.905. The number of nitrogens with two attached hydrogens (primary N) is 1. The summed E-state index contributed by atoms with van der Waals surface area (Å²) < 4.78 is 0. The van der Waals surface area contributed by atoms with Gasteiger partial charge in [0, 0.05) is 31.7 Å². The predicted octanol–water partition coefficient (Wildman–Crippen LogP) is 1.99. The van der Waals surface area contributed by atoms with E-state index in [1.54, 1.807) is 6.92 Å². The molecule has 0 radical (unpaired) electrons. The first-order chi connectivity index (χ1) is 10.6. The SMILES string of the molecule is C[C@H](N)C(=O)N1CCC[C@H](N(Cc2ccccc2)C2CC2)C1. The van der Waals surface area contributed by atoms with Crippen LogP contribution in [0.1, 0.15) is 38.2 Å². The van der Waals surface area contributed by atoms with Gasteiger partial charge in [-0.05, 0) is 38.2 Å². The third-order valence-electron chi connectivity index (χ3n) is 4.79. The van der Waals surface area contributed by atoms with Crippen LogP contribution >= 0.6 is 0 Å². The molecule has 120 valence electrons. The normalized spacial score (nSPS) is 23.6. The Kier molecular flexibility index (Phi) is 4.79. The number of carbonyl (C=O) groups is 1. The zero-order valence-electron chi connectivity index (χ0n) is 13.4. The molecule has 1 aromatic carbocycles. The van der Waals surface area contributed by atoms with Crippen LogP contribution in [-0.4, -0.2) is 46.9 Å². The van der Waals surface area contributed by atoms with Crippen molar-refractivity contribution in [1.82, 2.24) is 9.80 Å². The Morgan fingerprint density at radius 1 is 1.27 bits per heavy atom. The zero-order chi connectivity index (χ0) is 15.5. The van der Waals surface area contributed by atoms with Gasteiger partial charge in [-0.25, -0.2) is 0 Å². The fourth-order valence-electron chi connectivity index (χ4n) is 3.47. The van der Waals surface area contributed by atoms with Gasteiger partial charge in [0.1, 0.15) is 0 Å². The molecule has 0 unspecified atom stereocenters. The van der Waals surface area contributed by atoms with Crippen LogP contribution in [0.15, 0.2) is 30.3 Å². The van der Waals surface area contributed by atoms with Gasteiger partial charge in [-0.2, -0.15) is 0 Å². The van der Waals surface area contributed by atoms with Gasteiger partial charge < -0.3 is 10.6 Å². The van der Waals surface area contributed by atoms with E-state index in [9.17, 15) is 4.79 Å². The summed E-state index contributed by atoms with van der Waals surface area (Å²) >= 11 is 0. The Labute approximate surface area is 133 Å². The van der Waals surface area contributed by atoms with E-state index in [1.165, 1.54) is 24.8 Å². The van der Waals surface area contributed by atoms with E-state index in [0.29, 0.717) is 12.1 Å². The number of piperidine rings is 1. The molecule has 2 atom stereocenters. The van der Waals surface area contributed by atoms with Gasteiger partial charge in [-0.15, -0.1) is 0 Å². The molecular weight excluding hydrogens is 274 g/mol. The van der Waals surface area contributed by atoms with Gasteiger partial charge >= 0.3 is 0 Å².